The van der Waals surface area contributed by atoms with Gasteiger partial charge in [0.2, 0.25) is 0 Å². The van der Waals surface area contributed by atoms with E-state index in [2.05, 4.69) is 190 Å². The minimum atomic E-state index is 1.14. The van der Waals surface area contributed by atoms with Crippen molar-refractivity contribution < 1.29 is 0 Å². The summed E-state index contributed by atoms with van der Waals surface area (Å²) in [6, 6.07) is 61.4. The average molecular weight is 600 g/mol. The van der Waals surface area contributed by atoms with Crippen LogP contribution in [0.15, 0.2) is 176 Å². The second-order valence-electron chi connectivity index (χ2n) is 12.2. The Morgan fingerprint density at radius 1 is 0.340 bits per heavy atom. The summed E-state index contributed by atoms with van der Waals surface area (Å²) in [5.41, 5.74) is 11.9. The molecule has 0 saturated heterocycles. The molecule has 10 rings (SSSR count). The molecule has 0 amide bonds. The molecule has 7 aromatic carbocycles. The van der Waals surface area contributed by atoms with Gasteiger partial charge in [-0.3, -0.25) is 0 Å². The van der Waals surface area contributed by atoms with E-state index in [1.807, 2.05) is 0 Å². The minimum Gasteiger partial charge on any atom is -0.316 e. The molecule has 0 aliphatic carbocycles. The first-order valence-corrected chi connectivity index (χ1v) is 16.1. The molecule has 0 unspecified atom stereocenters. The van der Waals surface area contributed by atoms with E-state index in [4.69, 9.17) is 0 Å². The molecule has 3 heteroatoms. The fraction of sp³-hybridized carbons (Fsp3) is 0. The van der Waals surface area contributed by atoms with Crippen LogP contribution in [0.5, 0.6) is 0 Å². The normalized spacial score (nSPS) is 11.8. The van der Waals surface area contributed by atoms with Crippen LogP contribution in [-0.4, -0.2) is 13.7 Å². The Bertz CT molecular complexity index is 2760. The first kappa shape index (κ1) is 26.0. The predicted octanol–water partition coefficient (Wildman–Crippen LogP) is 11.5. The molecule has 0 radical (unpaired) electrons. The van der Waals surface area contributed by atoms with Gasteiger partial charge in [0.25, 0.3) is 0 Å². The number of para-hydroxylation sites is 3. The summed E-state index contributed by atoms with van der Waals surface area (Å²) in [4.78, 5) is 0. The monoisotopic (exact) mass is 599 g/mol. The van der Waals surface area contributed by atoms with Crippen molar-refractivity contribution >= 4 is 54.5 Å². The van der Waals surface area contributed by atoms with Crippen LogP contribution in [0.1, 0.15) is 0 Å². The maximum Gasteiger partial charge on any atom is 0.0628 e. The molecule has 0 aliphatic rings. The van der Waals surface area contributed by atoms with Gasteiger partial charge in [0.15, 0.2) is 0 Å². The third-order valence-corrected chi connectivity index (χ3v) is 9.67. The summed E-state index contributed by atoms with van der Waals surface area (Å²) in [5.74, 6) is 0. The Morgan fingerprint density at radius 3 is 1.68 bits per heavy atom. The maximum atomic E-state index is 2.41. The molecule has 0 atom stereocenters. The molecular formula is C44H29N3. The molecular weight excluding hydrogens is 571 g/mol. The number of nitrogens with zero attached hydrogens (tertiary/aromatic N) is 3. The summed E-state index contributed by atoms with van der Waals surface area (Å²) in [6.45, 7) is 0. The molecule has 0 bridgehead atoms. The molecule has 0 fully saturated rings. The van der Waals surface area contributed by atoms with E-state index in [0.29, 0.717) is 0 Å². The third kappa shape index (κ3) is 3.87. The van der Waals surface area contributed by atoms with Gasteiger partial charge in [-0.2, -0.15) is 0 Å². The number of hydrogen-bond acceptors (Lipinski definition) is 0. The third-order valence-electron chi connectivity index (χ3n) is 9.67. The van der Waals surface area contributed by atoms with Gasteiger partial charge in [0.1, 0.15) is 0 Å². The zero-order chi connectivity index (χ0) is 30.9. The summed E-state index contributed by atoms with van der Waals surface area (Å²) in [5, 5.41) is 6.29. The zero-order valence-corrected chi connectivity index (χ0v) is 25.6. The number of benzene rings is 7. The lowest BCUT2D eigenvalue weighted by molar-refractivity contribution is 1.13. The van der Waals surface area contributed by atoms with Crippen molar-refractivity contribution in [2.45, 2.75) is 0 Å². The average Bonchev–Trinajstić information content (AvgIpc) is 3.82. The Hall–Kier alpha value is -6.32. The van der Waals surface area contributed by atoms with Crippen molar-refractivity contribution in [2.75, 3.05) is 0 Å². The molecule has 3 nitrogen and oxygen atoms in total. The van der Waals surface area contributed by atoms with E-state index in [9.17, 15) is 0 Å². The largest absolute Gasteiger partial charge is 0.316 e. The molecule has 0 N–H and O–H groups in total. The SMILES string of the molecule is c1ccc(-c2ccc3c4ccccc4n(-c4ccc(-n5c6ccccc6c6c7c(ccc65)ccn7-c5ccccc5)cc4)c3c2)cc1. The highest BCUT2D eigenvalue weighted by molar-refractivity contribution is 6.20. The van der Waals surface area contributed by atoms with Gasteiger partial charge in [-0.1, -0.05) is 103 Å². The van der Waals surface area contributed by atoms with Crippen LogP contribution in [0, 0.1) is 0 Å². The van der Waals surface area contributed by atoms with Gasteiger partial charge in [-0.25, -0.2) is 0 Å². The summed E-state index contributed by atoms with van der Waals surface area (Å²) in [6.07, 6.45) is 2.19. The Labute approximate surface area is 271 Å². The zero-order valence-electron chi connectivity index (χ0n) is 25.6. The minimum absolute atomic E-state index is 1.14. The standard InChI is InChI=1S/C44H29N3/c1-3-11-30(12-4-1)32-19-25-37-36-15-7-9-17-39(36)47(42(37)29-32)35-23-21-34(22-24-35)46-40-18-10-8-16-38(40)43-41(46)26-20-31-27-28-45(44(31)43)33-13-5-2-6-14-33/h1-29H. The topological polar surface area (TPSA) is 14.8 Å². The first-order chi connectivity index (χ1) is 23.3. The Balaban J connectivity index is 1.18. The van der Waals surface area contributed by atoms with Crippen LogP contribution in [0.2, 0.25) is 0 Å². The lowest BCUT2D eigenvalue weighted by Gasteiger charge is -2.12. The van der Waals surface area contributed by atoms with Gasteiger partial charge in [0, 0.05) is 50.2 Å². The molecule has 3 aromatic heterocycles. The highest BCUT2D eigenvalue weighted by Gasteiger charge is 2.18. The molecule has 0 saturated carbocycles. The van der Waals surface area contributed by atoms with Crippen LogP contribution < -0.4 is 0 Å². The van der Waals surface area contributed by atoms with Crippen LogP contribution in [-0.2, 0) is 0 Å². The molecule has 220 valence electrons. The molecule has 0 aliphatic heterocycles. The van der Waals surface area contributed by atoms with Crippen molar-refractivity contribution in [3.05, 3.63) is 176 Å². The molecule has 10 aromatic rings. The summed E-state index contributed by atoms with van der Waals surface area (Å²) < 4.78 is 7.14. The smallest absolute Gasteiger partial charge is 0.0628 e. The van der Waals surface area contributed by atoms with Gasteiger partial charge in [0.05, 0.1) is 27.6 Å². The first-order valence-electron chi connectivity index (χ1n) is 16.1. The van der Waals surface area contributed by atoms with E-state index < -0.39 is 0 Å². The van der Waals surface area contributed by atoms with Gasteiger partial charge < -0.3 is 13.7 Å². The number of aromatic nitrogens is 3. The van der Waals surface area contributed by atoms with Crippen molar-refractivity contribution in [3.63, 3.8) is 0 Å². The fourth-order valence-corrected chi connectivity index (χ4v) is 7.57. The lowest BCUT2D eigenvalue weighted by Crippen LogP contribution is -1.97. The van der Waals surface area contributed by atoms with Crippen molar-refractivity contribution in [3.8, 4) is 28.2 Å². The number of fused-ring (bicyclic) bond motifs is 8. The molecule has 0 spiro atoms. The second kappa shape index (κ2) is 10.1. The maximum absolute atomic E-state index is 2.41. The highest BCUT2D eigenvalue weighted by atomic mass is 15.0. The van der Waals surface area contributed by atoms with Crippen molar-refractivity contribution in [1.29, 1.82) is 0 Å². The quantitative estimate of drug-likeness (QED) is 0.191. The van der Waals surface area contributed by atoms with Crippen LogP contribution in [0.25, 0.3) is 82.7 Å². The van der Waals surface area contributed by atoms with Crippen LogP contribution >= 0.6 is 0 Å². The Morgan fingerprint density at radius 2 is 0.936 bits per heavy atom. The van der Waals surface area contributed by atoms with E-state index in [1.165, 1.54) is 65.6 Å². The van der Waals surface area contributed by atoms with Crippen molar-refractivity contribution in [2.24, 2.45) is 0 Å². The highest BCUT2D eigenvalue weighted by Crippen LogP contribution is 2.39. The van der Waals surface area contributed by atoms with Gasteiger partial charge in [-0.05, 0) is 77.9 Å². The number of rotatable bonds is 4. The summed E-state index contributed by atoms with van der Waals surface area (Å²) >= 11 is 0. The number of hydrogen-bond donors (Lipinski definition) is 0. The molecule has 3 heterocycles. The van der Waals surface area contributed by atoms with E-state index in [0.717, 1.165) is 17.1 Å². The van der Waals surface area contributed by atoms with Gasteiger partial charge in [-0.15, -0.1) is 0 Å². The van der Waals surface area contributed by atoms with E-state index in [1.54, 1.807) is 0 Å². The van der Waals surface area contributed by atoms with E-state index >= 15 is 0 Å². The lowest BCUT2D eigenvalue weighted by atomic mass is 10.0. The van der Waals surface area contributed by atoms with Gasteiger partial charge >= 0.3 is 0 Å². The Kier molecular flexibility index (Phi) is 5.57. The second-order valence-corrected chi connectivity index (χ2v) is 12.2. The van der Waals surface area contributed by atoms with E-state index in [-0.39, 0.29) is 0 Å². The van der Waals surface area contributed by atoms with Crippen LogP contribution in [0.3, 0.4) is 0 Å². The predicted molar refractivity (Wildman–Crippen MR) is 197 cm³/mol. The summed E-state index contributed by atoms with van der Waals surface area (Å²) in [7, 11) is 0. The fourth-order valence-electron chi connectivity index (χ4n) is 7.57. The van der Waals surface area contributed by atoms with Crippen LogP contribution in [0.4, 0.5) is 0 Å². The molecule has 47 heavy (non-hydrogen) atoms. The van der Waals surface area contributed by atoms with Crippen molar-refractivity contribution in [1.82, 2.24) is 13.7 Å².